The first-order chi connectivity index (χ1) is 11.7. The van der Waals surface area contributed by atoms with Crippen molar-refractivity contribution in [2.24, 2.45) is 5.10 Å². The number of nitrogens with zero attached hydrogens (tertiary/aromatic N) is 2. The smallest absolute Gasteiger partial charge is 0.399 e. The minimum absolute atomic E-state index is 0.377. The summed E-state index contributed by atoms with van der Waals surface area (Å²) in [5.41, 5.74) is 11.5. The van der Waals surface area contributed by atoms with Gasteiger partial charge in [-0.2, -0.15) is 5.10 Å². The van der Waals surface area contributed by atoms with E-state index in [2.05, 4.69) is 15.5 Å². The molecule has 6 nitrogen and oxygen atoms in total. The first-order valence-corrected chi connectivity index (χ1v) is 9.02. The molecule has 2 aromatic rings. The van der Waals surface area contributed by atoms with Crippen LogP contribution >= 0.6 is 11.3 Å². The number of hydrogen-bond donors (Lipinski definition) is 2. The van der Waals surface area contributed by atoms with E-state index < -0.39 is 7.12 Å². The number of nitrogen functional groups attached to an aromatic ring is 1. The molecule has 132 valence electrons. The summed E-state index contributed by atoms with van der Waals surface area (Å²) in [5, 5.41) is 6.93. The van der Waals surface area contributed by atoms with Gasteiger partial charge in [0.25, 0.3) is 0 Å². The van der Waals surface area contributed by atoms with Crippen LogP contribution in [0.25, 0.3) is 0 Å². The van der Waals surface area contributed by atoms with Gasteiger partial charge in [0.15, 0.2) is 0 Å². The van der Waals surface area contributed by atoms with Gasteiger partial charge < -0.3 is 15.0 Å². The highest BCUT2D eigenvalue weighted by Gasteiger charge is 2.51. The van der Waals surface area contributed by atoms with Gasteiger partial charge in [-0.15, -0.1) is 11.3 Å². The van der Waals surface area contributed by atoms with E-state index in [1.54, 1.807) is 6.21 Å². The molecule has 2 heterocycles. The van der Waals surface area contributed by atoms with Crippen LogP contribution in [-0.2, 0) is 9.31 Å². The van der Waals surface area contributed by atoms with Gasteiger partial charge in [0.1, 0.15) is 0 Å². The van der Waals surface area contributed by atoms with E-state index in [0.717, 1.165) is 21.9 Å². The molecule has 0 atom stereocenters. The summed E-state index contributed by atoms with van der Waals surface area (Å²) in [6.07, 6.45) is 1.68. The number of hydrogen-bond acceptors (Lipinski definition) is 7. The zero-order valence-corrected chi connectivity index (χ0v) is 16.0. The summed E-state index contributed by atoms with van der Waals surface area (Å²) < 4.78 is 12.2. The van der Waals surface area contributed by atoms with E-state index in [1.807, 2.05) is 58.2 Å². The number of hydrazone groups is 1. The van der Waals surface area contributed by atoms with E-state index in [4.69, 9.17) is 15.0 Å². The van der Waals surface area contributed by atoms with Crippen LogP contribution in [0.1, 0.15) is 39.0 Å². The highest BCUT2D eigenvalue weighted by atomic mass is 32.1. The second-order valence-corrected chi connectivity index (χ2v) is 8.00. The van der Waals surface area contributed by atoms with Crippen molar-refractivity contribution in [3.8, 4) is 0 Å². The summed E-state index contributed by atoms with van der Waals surface area (Å²) in [7, 11) is -0.424. The predicted molar refractivity (Wildman–Crippen MR) is 105 cm³/mol. The number of nitrogens with two attached hydrogens (primary N) is 1. The lowest BCUT2D eigenvalue weighted by Crippen LogP contribution is -2.41. The molecule has 1 saturated heterocycles. The molecule has 8 heteroatoms. The summed E-state index contributed by atoms with van der Waals surface area (Å²) in [6, 6.07) is 5.71. The zero-order chi connectivity index (χ0) is 18.2. The molecular formula is C17H23BN4O2S. The van der Waals surface area contributed by atoms with Crippen LogP contribution in [0.15, 0.2) is 28.7 Å². The fourth-order valence-corrected chi connectivity index (χ4v) is 3.03. The molecule has 25 heavy (non-hydrogen) atoms. The average molecular weight is 358 g/mol. The third kappa shape index (κ3) is 3.71. The first kappa shape index (κ1) is 17.9. The molecule has 1 aromatic heterocycles. The van der Waals surface area contributed by atoms with Gasteiger partial charge in [0, 0.05) is 16.6 Å². The third-order valence-corrected chi connectivity index (χ3v) is 5.48. The number of anilines is 2. The van der Waals surface area contributed by atoms with Crippen LogP contribution in [0.3, 0.4) is 0 Å². The van der Waals surface area contributed by atoms with Gasteiger partial charge in [0.05, 0.1) is 23.1 Å². The number of aromatic nitrogens is 1. The summed E-state index contributed by atoms with van der Waals surface area (Å²) in [6.45, 7) is 10.1. The maximum absolute atomic E-state index is 6.09. The van der Waals surface area contributed by atoms with E-state index in [1.165, 1.54) is 11.3 Å². The van der Waals surface area contributed by atoms with Crippen LogP contribution in [-0.4, -0.2) is 29.5 Å². The maximum Gasteiger partial charge on any atom is 0.494 e. The largest absolute Gasteiger partial charge is 0.494 e. The number of rotatable bonds is 4. The molecule has 0 bridgehead atoms. The lowest BCUT2D eigenvalue weighted by atomic mass is 9.78. The fourth-order valence-electron chi connectivity index (χ4n) is 2.39. The first-order valence-electron chi connectivity index (χ1n) is 8.14. The molecule has 0 amide bonds. The highest BCUT2D eigenvalue weighted by Crippen LogP contribution is 2.36. The summed E-state index contributed by atoms with van der Waals surface area (Å²) >= 11 is 1.50. The summed E-state index contributed by atoms with van der Waals surface area (Å²) in [4.78, 5) is 4.30. The molecule has 0 radical (unpaired) electrons. The predicted octanol–water partition coefficient (Wildman–Crippen LogP) is 2.78. The average Bonchev–Trinajstić information content (AvgIpc) is 3.02. The Balaban J connectivity index is 1.77. The number of nitrogens with one attached hydrogen (secondary N) is 1. The number of aryl methyl sites for hydroxylation is 1. The molecule has 1 aliphatic heterocycles. The number of benzene rings is 1. The Hall–Kier alpha value is -1.90. The monoisotopic (exact) mass is 358 g/mol. The molecule has 0 saturated carbocycles. The Morgan fingerprint density at radius 1 is 1.24 bits per heavy atom. The normalized spacial score (nSPS) is 18.8. The molecule has 0 spiro atoms. The second-order valence-electron chi connectivity index (χ2n) is 7.14. The quantitative estimate of drug-likeness (QED) is 0.380. The highest BCUT2D eigenvalue weighted by molar-refractivity contribution is 7.13. The van der Waals surface area contributed by atoms with Crippen LogP contribution in [0.4, 0.5) is 10.8 Å². The summed E-state index contributed by atoms with van der Waals surface area (Å²) in [5.74, 6) is 0. The Morgan fingerprint density at radius 2 is 1.92 bits per heavy atom. The van der Waals surface area contributed by atoms with Gasteiger partial charge in [-0.05, 0) is 46.1 Å². The van der Waals surface area contributed by atoms with Crippen molar-refractivity contribution in [1.29, 1.82) is 0 Å². The van der Waals surface area contributed by atoms with Crippen LogP contribution in [0, 0.1) is 6.92 Å². The molecule has 3 N–H and O–H groups in total. The lowest BCUT2D eigenvalue weighted by Gasteiger charge is -2.32. The van der Waals surface area contributed by atoms with E-state index in [9.17, 15) is 0 Å². The SMILES string of the molecule is Cc1csc(NN=Cc2cc(B3OC(C)(C)C(C)(C)O3)ccc2N)n1. The molecule has 1 aliphatic rings. The molecule has 3 rings (SSSR count). The van der Waals surface area contributed by atoms with Crippen molar-refractivity contribution in [2.45, 2.75) is 45.8 Å². The van der Waals surface area contributed by atoms with Crippen molar-refractivity contribution < 1.29 is 9.31 Å². The van der Waals surface area contributed by atoms with E-state index >= 15 is 0 Å². The lowest BCUT2D eigenvalue weighted by molar-refractivity contribution is 0.00578. The maximum atomic E-state index is 6.09. The Morgan fingerprint density at radius 3 is 2.52 bits per heavy atom. The van der Waals surface area contributed by atoms with Gasteiger partial charge in [0.2, 0.25) is 5.13 Å². The molecule has 1 fully saturated rings. The van der Waals surface area contributed by atoms with Gasteiger partial charge in [-0.1, -0.05) is 12.1 Å². The van der Waals surface area contributed by atoms with Crippen molar-refractivity contribution in [3.63, 3.8) is 0 Å². The molecule has 0 unspecified atom stereocenters. The minimum atomic E-state index is -0.424. The molecular weight excluding hydrogens is 335 g/mol. The molecule has 1 aromatic carbocycles. The minimum Gasteiger partial charge on any atom is -0.399 e. The Labute approximate surface area is 152 Å². The van der Waals surface area contributed by atoms with E-state index in [0.29, 0.717) is 5.69 Å². The fraction of sp³-hybridized carbons (Fsp3) is 0.412. The van der Waals surface area contributed by atoms with Crippen molar-refractivity contribution in [3.05, 3.63) is 34.8 Å². The van der Waals surface area contributed by atoms with E-state index in [-0.39, 0.29) is 11.2 Å². The van der Waals surface area contributed by atoms with Gasteiger partial charge >= 0.3 is 7.12 Å². The van der Waals surface area contributed by atoms with Crippen molar-refractivity contribution in [1.82, 2.24) is 4.98 Å². The Bertz CT molecular complexity index is 788. The Kier molecular flexibility index (Phi) is 4.61. The standard InChI is InChI=1S/C17H23BN4O2S/c1-11-10-25-15(21-11)22-20-9-12-8-13(6-7-14(12)19)18-23-16(2,3)17(4,5)24-18/h6-10H,19H2,1-5H3,(H,21,22). The van der Waals surface area contributed by atoms with Crippen LogP contribution < -0.4 is 16.6 Å². The van der Waals surface area contributed by atoms with Crippen LogP contribution in [0.5, 0.6) is 0 Å². The van der Waals surface area contributed by atoms with Crippen LogP contribution in [0.2, 0.25) is 0 Å². The zero-order valence-electron chi connectivity index (χ0n) is 15.2. The van der Waals surface area contributed by atoms with Gasteiger partial charge in [-0.3, -0.25) is 5.43 Å². The van der Waals surface area contributed by atoms with Crippen molar-refractivity contribution >= 4 is 41.0 Å². The number of thiazole rings is 1. The van der Waals surface area contributed by atoms with Gasteiger partial charge in [-0.25, -0.2) is 4.98 Å². The second kappa shape index (κ2) is 6.44. The molecule has 0 aliphatic carbocycles. The van der Waals surface area contributed by atoms with Crippen molar-refractivity contribution in [2.75, 3.05) is 11.2 Å². The topological polar surface area (TPSA) is 81.8 Å². The third-order valence-electron chi connectivity index (χ3n) is 4.62.